The van der Waals surface area contributed by atoms with Gasteiger partial charge in [0.25, 0.3) is 0 Å². The minimum absolute atomic E-state index is 0.00232. The molecule has 1 aromatic rings. The molecule has 1 amide bonds. The summed E-state index contributed by atoms with van der Waals surface area (Å²) in [4.78, 5) is 16.9. The molecular formula is C16H24ClN3O. The Morgan fingerprint density at radius 3 is 2.81 bits per heavy atom. The number of likely N-dealkylation sites (tertiary alicyclic amines) is 1. The van der Waals surface area contributed by atoms with E-state index in [1.54, 1.807) is 6.07 Å². The van der Waals surface area contributed by atoms with E-state index >= 15 is 0 Å². The van der Waals surface area contributed by atoms with Crippen molar-refractivity contribution in [2.45, 2.75) is 31.8 Å². The molecule has 1 heterocycles. The van der Waals surface area contributed by atoms with E-state index < -0.39 is 0 Å². The molecule has 0 saturated carbocycles. The molecule has 116 valence electrons. The third kappa shape index (κ3) is 4.19. The van der Waals surface area contributed by atoms with Gasteiger partial charge in [0.1, 0.15) is 0 Å². The Morgan fingerprint density at radius 1 is 1.43 bits per heavy atom. The fourth-order valence-electron chi connectivity index (χ4n) is 2.72. The summed E-state index contributed by atoms with van der Waals surface area (Å²) in [6, 6.07) is 7.71. The van der Waals surface area contributed by atoms with Crippen LogP contribution in [0.4, 0.5) is 5.69 Å². The van der Waals surface area contributed by atoms with Crippen LogP contribution in [0.3, 0.4) is 0 Å². The lowest BCUT2D eigenvalue weighted by atomic mass is 10.0. The van der Waals surface area contributed by atoms with E-state index in [1.165, 1.54) is 6.42 Å². The minimum atomic E-state index is -0.149. The highest BCUT2D eigenvalue weighted by Gasteiger charge is 2.28. The molecule has 4 nitrogen and oxygen atoms in total. The number of carbonyl (C=O) groups is 1. The molecule has 0 spiro atoms. The molecule has 0 radical (unpaired) electrons. The summed E-state index contributed by atoms with van der Waals surface area (Å²) < 4.78 is 0. The summed E-state index contributed by atoms with van der Waals surface area (Å²) in [6.07, 6.45) is 2.33. The fourth-order valence-corrected chi connectivity index (χ4v) is 2.91. The minimum Gasteiger partial charge on any atom is -0.323 e. The summed E-state index contributed by atoms with van der Waals surface area (Å²) in [7, 11) is 4.20. The fraction of sp³-hybridized carbons (Fsp3) is 0.562. The maximum absolute atomic E-state index is 12.4. The SMILES string of the molecule is C[C@H](C(=O)Nc1ccccc1Cl)N1CCC[C@H](N(C)C)C1. The Hall–Kier alpha value is -1.10. The molecule has 1 aliphatic heterocycles. The molecule has 2 rings (SSSR count). The molecule has 5 heteroatoms. The molecule has 0 bridgehead atoms. The van der Waals surface area contributed by atoms with Gasteiger partial charge in [0.2, 0.25) is 5.91 Å². The standard InChI is InChI=1S/C16H24ClN3O/c1-12(20-10-6-7-13(11-20)19(2)3)16(21)18-15-9-5-4-8-14(15)17/h4-5,8-9,12-13H,6-7,10-11H2,1-3H3,(H,18,21)/t12-,13+/m1/s1. The van der Waals surface area contributed by atoms with Crippen LogP contribution in [-0.2, 0) is 4.79 Å². The van der Waals surface area contributed by atoms with Gasteiger partial charge in [-0.1, -0.05) is 23.7 Å². The van der Waals surface area contributed by atoms with E-state index in [9.17, 15) is 4.79 Å². The molecular weight excluding hydrogens is 286 g/mol. The number of piperidine rings is 1. The summed E-state index contributed by atoms with van der Waals surface area (Å²) >= 11 is 6.09. The predicted octanol–water partition coefficient (Wildman–Crippen LogP) is 2.69. The first kappa shape index (κ1) is 16.3. The van der Waals surface area contributed by atoms with Crippen molar-refractivity contribution in [1.29, 1.82) is 0 Å². The molecule has 1 fully saturated rings. The second-order valence-electron chi connectivity index (χ2n) is 5.90. The maximum Gasteiger partial charge on any atom is 0.241 e. The van der Waals surface area contributed by atoms with Gasteiger partial charge in [-0.3, -0.25) is 9.69 Å². The van der Waals surface area contributed by atoms with E-state index in [1.807, 2.05) is 25.1 Å². The van der Waals surface area contributed by atoms with Crippen LogP contribution >= 0.6 is 11.6 Å². The normalized spacial score (nSPS) is 21.3. The number of hydrogen-bond donors (Lipinski definition) is 1. The number of halogens is 1. The zero-order chi connectivity index (χ0) is 15.4. The zero-order valence-electron chi connectivity index (χ0n) is 13.0. The first-order valence-electron chi connectivity index (χ1n) is 7.45. The summed E-state index contributed by atoms with van der Waals surface area (Å²) in [5.74, 6) is 0.00232. The van der Waals surface area contributed by atoms with Crippen LogP contribution < -0.4 is 5.32 Å². The van der Waals surface area contributed by atoms with E-state index in [0.29, 0.717) is 16.8 Å². The second kappa shape index (κ2) is 7.25. The Morgan fingerprint density at radius 2 is 2.14 bits per heavy atom. The van der Waals surface area contributed by atoms with Crippen molar-refractivity contribution >= 4 is 23.2 Å². The number of hydrogen-bond acceptors (Lipinski definition) is 3. The third-order valence-electron chi connectivity index (χ3n) is 4.22. The van der Waals surface area contributed by atoms with Crippen molar-refractivity contribution in [3.63, 3.8) is 0 Å². The number of likely N-dealkylation sites (N-methyl/N-ethyl adjacent to an activating group) is 1. The van der Waals surface area contributed by atoms with Crippen LogP contribution in [0.2, 0.25) is 5.02 Å². The quantitative estimate of drug-likeness (QED) is 0.929. The topological polar surface area (TPSA) is 35.6 Å². The summed E-state index contributed by atoms with van der Waals surface area (Å²) in [6.45, 7) is 3.87. The van der Waals surface area contributed by atoms with Gasteiger partial charge < -0.3 is 10.2 Å². The van der Waals surface area contributed by atoms with E-state index in [2.05, 4.69) is 29.2 Å². The Balaban J connectivity index is 1.97. The second-order valence-corrected chi connectivity index (χ2v) is 6.31. The van der Waals surface area contributed by atoms with Gasteiger partial charge in [0.05, 0.1) is 16.8 Å². The molecule has 21 heavy (non-hydrogen) atoms. The van der Waals surface area contributed by atoms with Crippen molar-refractivity contribution in [3.05, 3.63) is 29.3 Å². The van der Waals surface area contributed by atoms with Gasteiger partial charge in [-0.05, 0) is 52.5 Å². The van der Waals surface area contributed by atoms with Crippen molar-refractivity contribution < 1.29 is 4.79 Å². The highest BCUT2D eigenvalue weighted by atomic mass is 35.5. The number of nitrogens with one attached hydrogen (secondary N) is 1. The lowest BCUT2D eigenvalue weighted by Gasteiger charge is -2.38. The molecule has 1 N–H and O–H groups in total. The molecule has 1 aliphatic rings. The summed E-state index contributed by atoms with van der Waals surface area (Å²) in [5, 5.41) is 3.50. The summed E-state index contributed by atoms with van der Waals surface area (Å²) in [5.41, 5.74) is 0.678. The van der Waals surface area contributed by atoms with Crippen LogP contribution in [-0.4, -0.2) is 55.0 Å². The largest absolute Gasteiger partial charge is 0.323 e. The maximum atomic E-state index is 12.4. The lowest BCUT2D eigenvalue weighted by molar-refractivity contribution is -0.121. The van der Waals surface area contributed by atoms with Gasteiger partial charge in [-0.15, -0.1) is 0 Å². The third-order valence-corrected chi connectivity index (χ3v) is 4.55. The Bertz CT molecular complexity index is 492. The van der Waals surface area contributed by atoms with E-state index in [4.69, 9.17) is 11.6 Å². The van der Waals surface area contributed by atoms with Crippen LogP contribution in [0.25, 0.3) is 0 Å². The van der Waals surface area contributed by atoms with Gasteiger partial charge in [0, 0.05) is 12.6 Å². The van der Waals surface area contributed by atoms with Gasteiger partial charge in [-0.2, -0.15) is 0 Å². The van der Waals surface area contributed by atoms with Crippen molar-refractivity contribution in [1.82, 2.24) is 9.80 Å². The van der Waals surface area contributed by atoms with E-state index in [0.717, 1.165) is 19.5 Å². The van der Waals surface area contributed by atoms with Gasteiger partial charge in [0.15, 0.2) is 0 Å². The first-order valence-corrected chi connectivity index (χ1v) is 7.82. The number of amides is 1. The molecule has 0 aromatic heterocycles. The number of carbonyl (C=O) groups excluding carboxylic acids is 1. The number of nitrogens with zero attached hydrogens (tertiary/aromatic N) is 2. The van der Waals surface area contributed by atoms with Crippen LogP contribution in [0.5, 0.6) is 0 Å². The highest BCUT2D eigenvalue weighted by molar-refractivity contribution is 6.33. The first-order chi connectivity index (χ1) is 9.99. The van der Waals surface area contributed by atoms with Crippen LogP contribution in [0.15, 0.2) is 24.3 Å². The number of para-hydroxylation sites is 1. The van der Waals surface area contributed by atoms with Gasteiger partial charge >= 0.3 is 0 Å². The average Bonchev–Trinajstić information content (AvgIpc) is 2.49. The smallest absolute Gasteiger partial charge is 0.241 e. The molecule has 2 atom stereocenters. The molecule has 0 unspecified atom stereocenters. The average molecular weight is 310 g/mol. The molecule has 1 saturated heterocycles. The van der Waals surface area contributed by atoms with Gasteiger partial charge in [-0.25, -0.2) is 0 Å². The lowest BCUT2D eigenvalue weighted by Crippen LogP contribution is -2.51. The molecule has 1 aromatic carbocycles. The monoisotopic (exact) mass is 309 g/mol. The van der Waals surface area contributed by atoms with Crippen LogP contribution in [0, 0.1) is 0 Å². The van der Waals surface area contributed by atoms with Crippen molar-refractivity contribution in [3.8, 4) is 0 Å². The highest BCUT2D eigenvalue weighted by Crippen LogP contribution is 2.22. The number of anilines is 1. The van der Waals surface area contributed by atoms with Crippen molar-refractivity contribution in [2.75, 3.05) is 32.5 Å². The van der Waals surface area contributed by atoms with Crippen LogP contribution in [0.1, 0.15) is 19.8 Å². The predicted molar refractivity (Wildman–Crippen MR) is 87.8 cm³/mol. The zero-order valence-corrected chi connectivity index (χ0v) is 13.7. The Kier molecular flexibility index (Phi) is 5.62. The van der Waals surface area contributed by atoms with E-state index in [-0.39, 0.29) is 11.9 Å². The number of benzene rings is 1. The van der Waals surface area contributed by atoms with Crippen molar-refractivity contribution in [2.24, 2.45) is 0 Å². The number of rotatable bonds is 4. The molecule has 0 aliphatic carbocycles. The Labute approximate surface area is 132 Å².